The number of halogens is 2. The van der Waals surface area contributed by atoms with Gasteiger partial charge in [0.15, 0.2) is 11.5 Å². The molecule has 1 fully saturated rings. The van der Waals surface area contributed by atoms with Gasteiger partial charge in [0.05, 0.1) is 7.11 Å². The number of methoxy groups -OCH3 is 1. The number of benzene rings is 1. The third kappa shape index (κ3) is 5.06. The molecule has 0 heterocycles. The second kappa shape index (κ2) is 8.10. The average molecular weight is 328 g/mol. The van der Waals surface area contributed by atoms with Crippen molar-refractivity contribution in [1.82, 2.24) is 5.32 Å². The first-order valence-electron chi connectivity index (χ1n) is 7.63. The van der Waals surface area contributed by atoms with E-state index in [-0.39, 0.29) is 35.9 Å². The molecular weight excluding hydrogens is 306 g/mol. The summed E-state index contributed by atoms with van der Waals surface area (Å²) >= 11 is 0. The highest BCUT2D eigenvalue weighted by atomic mass is 19.3. The number of hydrogen-bond acceptors (Lipinski definition) is 4. The van der Waals surface area contributed by atoms with Gasteiger partial charge in [-0.25, -0.2) is 0 Å². The van der Waals surface area contributed by atoms with E-state index < -0.39 is 6.61 Å². The molecule has 1 aromatic carbocycles. The lowest BCUT2D eigenvalue weighted by Crippen LogP contribution is -2.31. The highest BCUT2D eigenvalue weighted by Crippen LogP contribution is 2.30. The molecule has 2 rings (SSSR count). The van der Waals surface area contributed by atoms with E-state index in [9.17, 15) is 13.6 Å². The fourth-order valence-electron chi connectivity index (χ4n) is 2.85. The van der Waals surface area contributed by atoms with Gasteiger partial charge in [0.25, 0.3) is 0 Å². The Labute approximate surface area is 134 Å². The number of hydrogen-bond donors (Lipinski definition) is 2. The van der Waals surface area contributed by atoms with Gasteiger partial charge in [0.1, 0.15) is 0 Å². The summed E-state index contributed by atoms with van der Waals surface area (Å²) < 4.78 is 34.2. The van der Waals surface area contributed by atoms with Crippen molar-refractivity contribution >= 4 is 5.91 Å². The Morgan fingerprint density at radius 1 is 1.39 bits per heavy atom. The molecule has 0 saturated heterocycles. The molecule has 3 N–H and O–H groups in total. The number of carbonyl (C=O) groups is 1. The molecule has 0 spiro atoms. The van der Waals surface area contributed by atoms with Crippen molar-refractivity contribution in [3.05, 3.63) is 23.8 Å². The zero-order valence-corrected chi connectivity index (χ0v) is 13.1. The minimum absolute atomic E-state index is 0.0490. The molecule has 5 nitrogen and oxygen atoms in total. The number of amides is 1. The molecule has 0 aliphatic heterocycles. The van der Waals surface area contributed by atoms with Crippen LogP contribution in [-0.2, 0) is 11.3 Å². The van der Waals surface area contributed by atoms with Crippen molar-refractivity contribution < 1.29 is 23.0 Å². The van der Waals surface area contributed by atoms with E-state index in [4.69, 9.17) is 10.5 Å². The van der Waals surface area contributed by atoms with E-state index >= 15 is 0 Å². The van der Waals surface area contributed by atoms with E-state index in [1.807, 2.05) is 0 Å². The maximum atomic E-state index is 12.4. The molecule has 1 saturated carbocycles. The second-order valence-corrected chi connectivity index (χ2v) is 5.70. The van der Waals surface area contributed by atoms with Crippen LogP contribution in [0.5, 0.6) is 11.5 Å². The predicted octanol–water partition coefficient (Wildman–Crippen LogP) is 2.43. The summed E-state index contributed by atoms with van der Waals surface area (Å²) in [7, 11) is 1.37. The Morgan fingerprint density at radius 3 is 2.78 bits per heavy atom. The molecule has 2 atom stereocenters. The van der Waals surface area contributed by atoms with Crippen molar-refractivity contribution in [1.29, 1.82) is 0 Å². The molecule has 1 aliphatic rings. The number of nitrogens with one attached hydrogen (secondary N) is 1. The van der Waals surface area contributed by atoms with Crippen molar-refractivity contribution in [3.8, 4) is 11.5 Å². The first-order valence-corrected chi connectivity index (χ1v) is 7.63. The van der Waals surface area contributed by atoms with Crippen LogP contribution in [0.4, 0.5) is 8.78 Å². The number of carbonyl (C=O) groups excluding carboxylic acids is 1. The molecule has 0 unspecified atom stereocenters. The summed E-state index contributed by atoms with van der Waals surface area (Å²) in [5, 5.41) is 2.79. The van der Waals surface area contributed by atoms with Crippen LogP contribution in [0.25, 0.3) is 0 Å². The first kappa shape index (κ1) is 17.5. The van der Waals surface area contributed by atoms with Crippen LogP contribution < -0.4 is 20.5 Å². The summed E-state index contributed by atoms with van der Waals surface area (Å²) in [6, 6.07) is 4.75. The summed E-state index contributed by atoms with van der Waals surface area (Å²) in [6.45, 7) is -2.69. The molecule has 0 aromatic heterocycles. The average Bonchev–Trinajstić information content (AvgIpc) is 2.90. The molecular formula is C16H22F2N2O3. The molecule has 1 aliphatic carbocycles. The molecule has 23 heavy (non-hydrogen) atoms. The van der Waals surface area contributed by atoms with E-state index in [1.165, 1.54) is 19.2 Å². The van der Waals surface area contributed by atoms with Crippen LogP contribution >= 0.6 is 0 Å². The van der Waals surface area contributed by atoms with E-state index in [1.54, 1.807) is 6.07 Å². The molecule has 1 amide bonds. The van der Waals surface area contributed by atoms with Crippen molar-refractivity contribution in [3.63, 3.8) is 0 Å². The third-order valence-corrected chi connectivity index (χ3v) is 4.10. The van der Waals surface area contributed by atoms with E-state index in [0.29, 0.717) is 12.0 Å². The second-order valence-electron chi connectivity index (χ2n) is 5.70. The van der Waals surface area contributed by atoms with Gasteiger partial charge >= 0.3 is 6.61 Å². The Kier molecular flexibility index (Phi) is 6.15. The molecule has 7 heteroatoms. The summed E-state index contributed by atoms with van der Waals surface area (Å²) in [5.74, 6) is 0.312. The SMILES string of the molecule is COc1ccc(CNC(=O)C[C@@H]2CCC[C@H]2N)cc1OC(F)F. The predicted molar refractivity (Wildman–Crippen MR) is 81.4 cm³/mol. The normalized spacial score (nSPS) is 20.6. The number of ether oxygens (including phenoxy) is 2. The Hall–Kier alpha value is -1.89. The zero-order valence-electron chi connectivity index (χ0n) is 13.1. The standard InChI is InChI=1S/C16H22F2N2O3/c1-22-13-6-5-10(7-14(13)23-16(17)18)9-20-15(21)8-11-3-2-4-12(11)19/h5-7,11-12,16H,2-4,8-9,19H2,1H3,(H,20,21)/t11-,12+/m0/s1. The third-order valence-electron chi connectivity index (χ3n) is 4.10. The largest absolute Gasteiger partial charge is 0.493 e. The van der Waals surface area contributed by atoms with Crippen molar-refractivity contribution in [2.75, 3.05) is 7.11 Å². The molecule has 0 radical (unpaired) electrons. The monoisotopic (exact) mass is 328 g/mol. The lowest BCUT2D eigenvalue weighted by atomic mass is 10.00. The van der Waals surface area contributed by atoms with Crippen molar-refractivity contribution in [2.45, 2.75) is 44.9 Å². The maximum Gasteiger partial charge on any atom is 0.387 e. The van der Waals surface area contributed by atoms with Gasteiger partial charge in [-0.3, -0.25) is 4.79 Å². The summed E-state index contributed by atoms with van der Waals surface area (Å²) in [6.07, 6.45) is 3.40. The van der Waals surface area contributed by atoms with Gasteiger partial charge in [-0.05, 0) is 36.5 Å². The highest BCUT2D eigenvalue weighted by Gasteiger charge is 2.25. The number of rotatable bonds is 7. The first-order chi connectivity index (χ1) is 11.0. The Bertz CT molecular complexity index is 540. The lowest BCUT2D eigenvalue weighted by molar-refractivity contribution is -0.122. The van der Waals surface area contributed by atoms with Gasteiger partial charge in [-0.15, -0.1) is 0 Å². The van der Waals surface area contributed by atoms with E-state index in [0.717, 1.165) is 19.3 Å². The molecule has 128 valence electrons. The molecule has 0 bridgehead atoms. The highest BCUT2D eigenvalue weighted by molar-refractivity contribution is 5.76. The summed E-state index contributed by atoms with van der Waals surface area (Å²) in [5.41, 5.74) is 6.61. The van der Waals surface area contributed by atoms with Gasteiger partial charge in [-0.2, -0.15) is 8.78 Å². The topological polar surface area (TPSA) is 73.6 Å². The molecule has 1 aromatic rings. The minimum atomic E-state index is -2.93. The van der Waals surface area contributed by atoms with Gasteiger partial charge in [0.2, 0.25) is 5.91 Å². The summed E-state index contributed by atoms with van der Waals surface area (Å²) in [4.78, 5) is 12.0. The smallest absolute Gasteiger partial charge is 0.387 e. The quantitative estimate of drug-likeness (QED) is 0.806. The number of alkyl halides is 2. The van der Waals surface area contributed by atoms with Gasteiger partial charge < -0.3 is 20.5 Å². The number of nitrogens with two attached hydrogens (primary N) is 1. The van der Waals surface area contributed by atoms with Crippen molar-refractivity contribution in [2.24, 2.45) is 11.7 Å². The van der Waals surface area contributed by atoms with Gasteiger partial charge in [0, 0.05) is 19.0 Å². The Morgan fingerprint density at radius 2 is 2.17 bits per heavy atom. The van der Waals surface area contributed by atoms with Crippen LogP contribution in [0.15, 0.2) is 18.2 Å². The van der Waals surface area contributed by atoms with Crippen LogP contribution in [0.1, 0.15) is 31.2 Å². The van der Waals surface area contributed by atoms with Gasteiger partial charge in [-0.1, -0.05) is 12.5 Å². The van der Waals surface area contributed by atoms with E-state index in [2.05, 4.69) is 10.1 Å². The zero-order chi connectivity index (χ0) is 16.8. The van der Waals surface area contributed by atoms with Crippen LogP contribution in [0.2, 0.25) is 0 Å². The lowest BCUT2D eigenvalue weighted by Gasteiger charge is -2.15. The fourth-order valence-corrected chi connectivity index (χ4v) is 2.85. The minimum Gasteiger partial charge on any atom is -0.493 e. The fraction of sp³-hybridized carbons (Fsp3) is 0.562. The van der Waals surface area contributed by atoms with Crippen LogP contribution in [0, 0.1) is 5.92 Å². The van der Waals surface area contributed by atoms with Crippen LogP contribution in [0.3, 0.4) is 0 Å². The van der Waals surface area contributed by atoms with Crippen LogP contribution in [-0.4, -0.2) is 25.7 Å². The Balaban J connectivity index is 1.90. The maximum absolute atomic E-state index is 12.4.